The molecule has 43 heavy (non-hydrogen) atoms. The number of hydrogen-bond donors (Lipinski definition) is 1. The van der Waals surface area contributed by atoms with E-state index in [9.17, 15) is 9.90 Å². The van der Waals surface area contributed by atoms with Crippen LogP contribution in [0.5, 0.6) is 0 Å². The van der Waals surface area contributed by atoms with Gasteiger partial charge < -0.3 is 28.8 Å². The molecule has 1 aromatic rings. The summed E-state index contributed by atoms with van der Waals surface area (Å²) in [5.74, 6) is 0.235. The highest BCUT2D eigenvalue weighted by molar-refractivity contribution is 5.69. The quantitative estimate of drug-likeness (QED) is 0.108. The molecule has 2 saturated heterocycles. The molecule has 0 bridgehead atoms. The second-order valence-corrected chi connectivity index (χ2v) is 12.6. The number of esters is 1. The first-order valence-corrected chi connectivity index (χ1v) is 17.2. The van der Waals surface area contributed by atoms with Crippen LogP contribution in [0, 0.1) is 11.8 Å². The van der Waals surface area contributed by atoms with Crippen LogP contribution in [0.3, 0.4) is 0 Å². The lowest BCUT2D eigenvalue weighted by Crippen LogP contribution is -2.33. The lowest BCUT2D eigenvalue weighted by Gasteiger charge is -2.32. The number of allylic oxidation sites excluding steroid dienone is 2. The minimum absolute atomic E-state index is 0.0226. The first-order valence-electron chi connectivity index (χ1n) is 17.2. The third-order valence-electron chi connectivity index (χ3n) is 9.16. The summed E-state index contributed by atoms with van der Waals surface area (Å²) in [5, 5.41) is 11.2. The summed E-state index contributed by atoms with van der Waals surface area (Å²) in [6.45, 7) is 4.02. The summed E-state index contributed by atoms with van der Waals surface area (Å²) in [6.07, 6.45) is 18.2. The van der Waals surface area contributed by atoms with Crippen molar-refractivity contribution in [3.63, 3.8) is 0 Å². The molecule has 0 radical (unpaired) electrons. The number of aliphatic hydroxyl groups excluding tert-OH is 1. The average Bonchev–Trinajstić information content (AvgIpc) is 3.33. The molecule has 242 valence electrons. The molecule has 2 heterocycles. The molecule has 7 atom stereocenters. The maximum absolute atomic E-state index is 11.8. The Hall–Kier alpha value is -1.77. The van der Waals surface area contributed by atoms with Gasteiger partial charge in [0.25, 0.3) is 0 Å². The van der Waals surface area contributed by atoms with Crippen LogP contribution in [0.4, 0.5) is 0 Å². The Kier molecular flexibility index (Phi) is 15.5. The maximum atomic E-state index is 11.8. The third kappa shape index (κ3) is 12.3. The van der Waals surface area contributed by atoms with Gasteiger partial charge in [-0.1, -0.05) is 49.4 Å². The van der Waals surface area contributed by atoms with Gasteiger partial charge in [0, 0.05) is 26.1 Å². The van der Waals surface area contributed by atoms with Gasteiger partial charge in [-0.3, -0.25) is 4.79 Å². The van der Waals surface area contributed by atoms with Crippen LogP contribution in [-0.4, -0.2) is 61.8 Å². The molecule has 0 spiro atoms. The molecule has 2 unspecified atom stereocenters. The van der Waals surface area contributed by atoms with Crippen molar-refractivity contribution in [2.45, 2.75) is 141 Å². The first-order chi connectivity index (χ1) is 21.1. The Labute approximate surface area is 259 Å². The summed E-state index contributed by atoms with van der Waals surface area (Å²) < 4.78 is 30.2. The van der Waals surface area contributed by atoms with E-state index in [0.29, 0.717) is 19.4 Å². The lowest BCUT2D eigenvalue weighted by molar-refractivity contribution is -0.200. The van der Waals surface area contributed by atoms with Gasteiger partial charge in [0.05, 0.1) is 24.9 Å². The summed E-state index contributed by atoms with van der Waals surface area (Å²) in [4.78, 5) is 11.8. The standard InChI is InChI=1S/C36H56O7/c1-2-24-39-34(38)17-9-4-3-8-16-30-31(33(27-32(30)37)43-36-19-11-13-26-41-36)23-22-29(42-35-18-10-12-25-40-35)21-20-28-14-6-5-7-15-28/h3,5-8,14-15,29-33,35-37H,2,4,9-13,16-27H2,1H3/t29-,30+,31+,32-,33+,35?,36?/m0/s1. The lowest BCUT2D eigenvalue weighted by atomic mass is 9.85. The van der Waals surface area contributed by atoms with E-state index in [1.54, 1.807) is 0 Å². The van der Waals surface area contributed by atoms with Gasteiger partial charge in [-0.05, 0) is 107 Å². The number of aryl methyl sites for hydroxylation is 1. The summed E-state index contributed by atoms with van der Waals surface area (Å²) in [7, 11) is 0. The van der Waals surface area contributed by atoms with Crippen molar-refractivity contribution in [1.29, 1.82) is 0 Å². The zero-order valence-corrected chi connectivity index (χ0v) is 26.4. The molecular weight excluding hydrogens is 544 g/mol. The number of carbonyl (C=O) groups is 1. The van der Waals surface area contributed by atoms with Crippen molar-refractivity contribution in [3.05, 3.63) is 48.0 Å². The van der Waals surface area contributed by atoms with Crippen LogP contribution in [0.25, 0.3) is 0 Å². The van der Waals surface area contributed by atoms with Crippen molar-refractivity contribution in [2.75, 3.05) is 19.8 Å². The number of unbranched alkanes of at least 4 members (excludes halogenated alkanes) is 1. The van der Waals surface area contributed by atoms with Crippen LogP contribution in [-0.2, 0) is 34.9 Å². The predicted molar refractivity (Wildman–Crippen MR) is 167 cm³/mol. The van der Waals surface area contributed by atoms with Crippen LogP contribution >= 0.6 is 0 Å². The van der Waals surface area contributed by atoms with Gasteiger partial charge in [-0.15, -0.1) is 0 Å². The smallest absolute Gasteiger partial charge is 0.305 e. The van der Waals surface area contributed by atoms with Gasteiger partial charge in [0.15, 0.2) is 12.6 Å². The van der Waals surface area contributed by atoms with Crippen LogP contribution in [0.2, 0.25) is 0 Å². The Morgan fingerprint density at radius 1 is 1.00 bits per heavy atom. The molecule has 4 rings (SSSR count). The average molecular weight is 601 g/mol. The fourth-order valence-corrected chi connectivity index (χ4v) is 6.74. The zero-order valence-electron chi connectivity index (χ0n) is 26.4. The highest BCUT2D eigenvalue weighted by Gasteiger charge is 2.43. The molecule has 1 N–H and O–H groups in total. The Morgan fingerprint density at radius 3 is 2.49 bits per heavy atom. The van der Waals surface area contributed by atoms with E-state index < -0.39 is 6.10 Å². The van der Waals surface area contributed by atoms with E-state index in [2.05, 4.69) is 42.5 Å². The van der Waals surface area contributed by atoms with E-state index in [0.717, 1.165) is 103 Å². The van der Waals surface area contributed by atoms with Crippen molar-refractivity contribution in [1.82, 2.24) is 0 Å². The normalized spacial score (nSPS) is 28.7. The number of benzene rings is 1. The molecular formula is C36H56O7. The molecule has 0 aromatic heterocycles. The van der Waals surface area contributed by atoms with Gasteiger partial charge in [-0.2, -0.15) is 0 Å². The summed E-state index contributed by atoms with van der Waals surface area (Å²) in [5.41, 5.74) is 1.33. The zero-order chi connectivity index (χ0) is 30.1. The number of ether oxygens (including phenoxy) is 5. The topological polar surface area (TPSA) is 83.5 Å². The highest BCUT2D eigenvalue weighted by Crippen LogP contribution is 2.41. The van der Waals surface area contributed by atoms with E-state index in [1.807, 2.05) is 6.92 Å². The second-order valence-electron chi connectivity index (χ2n) is 12.6. The van der Waals surface area contributed by atoms with Gasteiger partial charge in [-0.25, -0.2) is 0 Å². The van der Waals surface area contributed by atoms with E-state index in [4.69, 9.17) is 23.7 Å². The van der Waals surface area contributed by atoms with Crippen LogP contribution in [0.1, 0.15) is 109 Å². The van der Waals surface area contributed by atoms with Crippen LogP contribution < -0.4 is 0 Å². The summed E-state index contributed by atoms with van der Waals surface area (Å²) >= 11 is 0. The van der Waals surface area contributed by atoms with Crippen molar-refractivity contribution in [3.8, 4) is 0 Å². The Bertz CT molecular complexity index is 909. The molecule has 3 fully saturated rings. The number of hydrogen-bond acceptors (Lipinski definition) is 7. The molecule has 1 aliphatic carbocycles. The number of aliphatic hydroxyl groups is 1. The van der Waals surface area contributed by atoms with E-state index in [1.165, 1.54) is 5.56 Å². The molecule has 2 aliphatic heterocycles. The SMILES string of the molecule is CCCOC(=O)CCCC=CC[C@@H]1[C@@H](CC[C@H](CCc2ccccc2)OC2CCCCO2)[C@H](OC2CCCCO2)C[C@@H]1O. The first kappa shape index (κ1) is 34.1. The van der Waals surface area contributed by atoms with E-state index >= 15 is 0 Å². The Balaban J connectivity index is 1.36. The largest absolute Gasteiger partial charge is 0.466 e. The summed E-state index contributed by atoms with van der Waals surface area (Å²) in [6, 6.07) is 10.6. The molecule has 3 aliphatic rings. The fourth-order valence-electron chi connectivity index (χ4n) is 6.74. The second kappa shape index (κ2) is 19.6. The van der Waals surface area contributed by atoms with Crippen molar-refractivity contribution >= 4 is 5.97 Å². The van der Waals surface area contributed by atoms with Crippen molar-refractivity contribution in [2.24, 2.45) is 11.8 Å². The molecule has 1 saturated carbocycles. The molecule has 1 aromatic carbocycles. The number of carbonyl (C=O) groups excluding carboxylic acids is 1. The predicted octanol–water partition coefficient (Wildman–Crippen LogP) is 7.29. The number of rotatable bonds is 18. The van der Waals surface area contributed by atoms with E-state index in [-0.39, 0.29) is 42.6 Å². The molecule has 0 amide bonds. The van der Waals surface area contributed by atoms with Gasteiger partial charge >= 0.3 is 5.97 Å². The van der Waals surface area contributed by atoms with Crippen molar-refractivity contribution < 1.29 is 33.6 Å². The minimum Gasteiger partial charge on any atom is -0.466 e. The molecule has 7 nitrogen and oxygen atoms in total. The molecule has 7 heteroatoms. The highest BCUT2D eigenvalue weighted by atomic mass is 16.7. The Morgan fingerprint density at radius 2 is 1.77 bits per heavy atom. The minimum atomic E-state index is -0.405. The fraction of sp³-hybridized carbons (Fsp3) is 0.750. The van der Waals surface area contributed by atoms with Gasteiger partial charge in [0.2, 0.25) is 0 Å². The monoisotopic (exact) mass is 600 g/mol. The third-order valence-corrected chi connectivity index (χ3v) is 9.16. The maximum Gasteiger partial charge on any atom is 0.305 e. The van der Waals surface area contributed by atoms with Gasteiger partial charge in [0.1, 0.15) is 0 Å². The van der Waals surface area contributed by atoms with Crippen LogP contribution in [0.15, 0.2) is 42.5 Å².